The van der Waals surface area contributed by atoms with Crippen molar-refractivity contribution in [2.24, 2.45) is 0 Å². The molecule has 2 rings (SSSR count). The quantitative estimate of drug-likeness (QED) is 0.698. The summed E-state index contributed by atoms with van der Waals surface area (Å²) in [5.74, 6) is 0.224. The summed E-state index contributed by atoms with van der Waals surface area (Å²) in [6, 6.07) is 4.27. The van der Waals surface area contributed by atoms with E-state index in [1.165, 1.54) is 17.5 Å². The summed E-state index contributed by atoms with van der Waals surface area (Å²) in [4.78, 5) is 12.6. The Morgan fingerprint density at radius 3 is 2.80 bits per heavy atom. The predicted octanol–water partition coefficient (Wildman–Crippen LogP) is 1.31. The van der Waals surface area contributed by atoms with E-state index >= 15 is 0 Å². The van der Waals surface area contributed by atoms with E-state index in [1.807, 2.05) is 0 Å². The number of rotatable bonds is 8. The molecular formula is C17H26N2O5S. The fourth-order valence-corrected chi connectivity index (χ4v) is 4.85. The van der Waals surface area contributed by atoms with Crippen LogP contribution in [-0.2, 0) is 19.6 Å². The fourth-order valence-electron chi connectivity index (χ4n) is 2.95. The van der Waals surface area contributed by atoms with Crippen molar-refractivity contribution >= 4 is 15.9 Å². The zero-order valence-corrected chi connectivity index (χ0v) is 15.8. The second kappa shape index (κ2) is 8.64. The summed E-state index contributed by atoms with van der Waals surface area (Å²) < 4.78 is 37.6. The van der Waals surface area contributed by atoms with Crippen LogP contribution in [0.25, 0.3) is 0 Å². The first-order chi connectivity index (χ1) is 11.9. The molecule has 0 spiro atoms. The average molecular weight is 370 g/mol. The molecule has 1 aromatic rings. The van der Waals surface area contributed by atoms with Crippen molar-refractivity contribution < 1.29 is 22.7 Å². The summed E-state index contributed by atoms with van der Waals surface area (Å²) >= 11 is 0. The first-order valence-corrected chi connectivity index (χ1v) is 9.79. The van der Waals surface area contributed by atoms with E-state index in [0.717, 1.165) is 0 Å². The SMILES string of the molecule is COCCCNC(=O)C1CCCN1S(=O)(=O)c1cc(OC)ccc1C. The molecule has 0 bridgehead atoms. The van der Waals surface area contributed by atoms with Crippen LogP contribution in [0.1, 0.15) is 24.8 Å². The normalized spacial score (nSPS) is 18.3. The lowest BCUT2D eigenvalue weighted by Crippen LogP contribution is -2.46. The van der Waals surface area contributed by atoms with Crippen LogP contribution in [0.15, 0.2) is 23.1 Å². The predicted molar refractivity (Wildman–Crippen MR) is 94.1 cm³/mol. The molecule has 0 aromatic heterocycles. The summed E-state index contributed by atoms with van der Waals surface area (Å²) in [6.45, 7) is 3.10. The van der Waals surface area contributed by atoms with Gasteiger partial charge in [-0.15, -0.1) is 0 Å². The lowest BCUT2D eigenvalue weighted by atomic mass is 10.2. The Balaban J connectivity index is 2.19. The van der Waals surface area contributed by atoms with Crippen LogP contribution in [0.2, 0.25) is 0 Å². The highest BCUT2D eigenvalue weighted by atomic mass is 32.2. The van der Waals surface area contributed by atoms with E-state index in [-0.39, 0.29) is 10.8 Å². The maximum Gasteiger partial charge on any atom is 0.244 e. The number of ether oxygens (including phenoxy) is 2. The molecule has 1 saturated heterocycles. The molecule has 25 heavy (non-hydrogen) atoms. The topological polar surface area (TPSA) is 84.9 Å². The molecule has 1 amide bonds. The van der Waals surface area contributed by atoms with Crippen molar-refractivity contribution in [1.29, 1.82) is 0 Å². The lowest BCUT2D eigenvalue weighted by Gasteiger charge is -2.24. The standard InChI is InChI=1S/C17H26N2O5S/c1-13-7-8-14(24-3)12-16(13)25(21,22)19-10-4-6-15(19)17(20)18-9-5-11-23-2/h7-8,12,15H,4-6,9-11H2,1-3H3,(H,18,20). The van der Waals surface area contributed by atoms with Crippen LogP contribution in [0, 0.1) is 6.92 Å². The van der Waals surface area contributed by atoms with Crippen LogP contribution in [0.5, 0.6) is 5.75 Å². The Morgan fingerprint density at radius 2 is 2.12 bits per heavy atom. The van der Waals surface area contributed by atoms with Crippen LogP contribution in [-0.4, -0.2) is 58.6 Å². The maximum atomic E-state index is 13.1. The van der Waals surface area contributed by atoms with Crippen LogP contribution in [0.4, 0.5) is 0 Å². The molecular weight excluding hydrogens is 344 g/mol. The number of nitrogens with one attached hydrogen (secondary N) is 1. The number of carbonyl (C=O) groups excluding carboxylic acids is 1. The highest BCUT2D eigenvalue weighted by Gasteiger charge is 2.39. The highest BCUT2D eigenvalue weighted by molar-refractivity contribution is 7.89. The average Bonchev–Trinajstić information content (AvgIpc) is 3.09. The molecule has 1 aliphatic heterocycles. The number of nitrogens with zero attached hydrogens (tertiary/aromatic N) is 1. The Kier molecular flexibility index (Phi) is 6.80. The van der Waals surface area contributed by atoms with Crippen molar-refractivity contribution in [3.8, 4) is 5.75 Å². The van der Waals surface area contributed by atoms with Crippen LogP contribution >= 0.6 is 0 Å². The zero-order chi connectivity index (χ0) is 18.4. The number of benzene rings is 1. The number of aryl methyl sites for hydroxylation is 1. The maximum absolute atomic E-state index is 13.1. The Morgan fingerprint density at radius 1 is 1.36 bits per heavy atom. The van der Waals surface area contributed by atoms with Gasteiger partial charge >= 0.3 is 0 Å². The molecule has 1 unspecified atom stereocenters. The van der Waals surface area contributed by atoms with E-state index in [1.54, 1.807) is 26.2 Å². The number of hydrogen-bond acceptors (Lipinski definition) is 5. The van der Waals surface area contributed by atoms with Gasteiger partial charge in [-0.1, -0.05) is 6.07 Å². The van der Waals surface area contributed by atoms with Crippen molar-refractivity contribution in [3.63, 3.8) is 0 Å². The van der Waals surface area contributed by atoms with E-state index in [4.69, 9.17) is 9.47 Å². The minimum atomic E-state index is -3.76. The van der Waals surface area contributed by atoms with Gasteiger partial charge in [0.1, 0.15) is 11.8 Å². The van der Waals surface area contributed by atoms with Crippen molar-refractivity contribution in [2.75, 3.05) is 33.9 Å². The third-order valence-corrected chi connectivity index (χ3v) is 6.36. The van der Waals surface area contributed by atoms with Gasteiger partial charge in [-0.3, -0.25) is 4.79 Å². The van der Waals surface area contributed by atoms with Crippen molar-refractivity contribution in [1.82, 2.24) is 9.62 Å². The third kappa shape index (κ3) is 4.50. The molecule has 0 radical (unpaired) electrons. The van der Waals surface area contributed by atoms with Crippen molar-refractivity contribution in [3.05, 3.63) is 23.8 Å². The second-order valence-corrected chi connectivity index (χ2v) is 7.90. The number of methoxy groups -OCH3 is 2. The minimum absolute atomic E-state index is 0.186. The molecule has 1 atom stereocenters. The first kappa shape index (κ1) is 19.7. The van der Waals surface area contributed by atoms with E-state index in [9.17, 15) is 13.2 Å². The molecule has 8 heteroatoms. The monoisotopic (exact) mass is 370 g/mol. The summed E-state index contributed by atoms with van der Waals surface area (Å²) in [6.07, 6.45) is 1.88. The molecule has 1 fully saturated rings. The molecule has 0 aliphatic carbocycles. The van der Waals surface area contributed by atoms with Crippen molar-refractivity contribution in [2.45, 2.75) is 37.1 Å². The van der Waals surface area contributed by atoms with Gasteiger partial charge in [0.15, 0.2) is 0 Å². The van der Waals surface area contributed by atoms with Gasteiger partial charge in [-0.05, 0) is 37.8 Å². The molecule has 140 valence electrons. The second-order valence-electron chi connectivity index (χ2n) is 6.04. The number of hydrogen-bond donors (Lipinski definition) is 1. The third-order valence-electron chi connectivity index (χ3n) is 4.31. The first-order valence-electron chi connectivity index (χ1n) is 8.35. The number of amides is 1. The van der Waals surface area contributed by atoms with Gasteiger partial charge in [-0.25, -0.2) is 8.42 Å². The molecule has 1 heterocycles. The van der Waals surface area contributed by atoms with E-state index in [0.29, 0.717) is 50.3 Å². The lowest BCUT2D eigenvalue weighted by molar-refractivity contribution is -0.124. The van der Waals surface area contributed by atoms with Gasteiger partial charge < -0.3 is 14.8 Å². The smallest absolute Gasteiger partial charge is 0.244 e. The molecule has 1 aliphatic rings. The minimum Gasteiger partial charge on any atom is -0.497 e. The van der Waals surface area contributed by atoms with Crippen LogP contribution in [0.3, 0.4) is 0 Å². The summed E-state index contributed by atoms with van der Waals surface area (Å²) in [5, 5.41) is 2.80. The Hall–Kier alpha value is -1.64. The van der Waals surface area contributed by atoms with Gasteiger partial charge in [0.25, 0.3) is 0 Å². The Labute approximate surface area is 149 Å². The van der Waals surface area contributed by atoms with E-state index < -0.39 is 16.1 Å². The van der Waals surface area contributed by atoms with E-state index in [2.05, 4.69) is 5.32 Å². The molecule has 0 saturated carbocycles. The Bertz CT molecular complexity index is 705. The highest BCUT2D eigenvalue weighted by Crippen LogP contribution is 2.30. The molecule has 1 N–H and O–H groups in total. The largest absolute Gasteiger partial charge is 0.497 e. The fraction of sp³-hybridized carbons (Fsp3) is 0.588. The van der Waals surface area contributed by atoms with Gasteiger partial charge in [0, 0.05) is 32.9 Å². The summed E-state index contributed by atoms with van der Waals surface area (Å²) in [5.41, 5.74) is 0.631. The molecule has 7 nitrogen and oxygen atoms in total. The van der Waals surface area contributed by atoms with Gasteiger partial charge in [0.2, 0.25) is 15.9 Å². The van der Waals surface area contributed by atoms with Crippen LogP contribution < -0.4 is 10.1 Å². The van der Waals surface area contributed by atoms with Gasteiger partial charge in [-0.2, -0.15) is 4.31 Å². The molecule has 1 aromatic carbocycles. The summed E-state index contributed by atoms with van der Waals surface area (Å²) in [7, 11) is -0.670. The number of sulfonamides is 1. The zero-order valence-electron chi connectivity index (χ0n) is 14.9. The van der Waals surface area contributed by atoms with Gasteiger partial charge in [0.05, 0.1) is 12.0 Å². The number of carbonyl (C=O) groups is 1.